The van der Waals surface area contributed by atoms with Gasteiger partial charge in [-0.2, -0.15) is 0 Å². The van der Waals surface area contributed by atoms with Crippen LogP contribution in [0.25, 0.3) is 6.08 Å². The number of nitrogen functional groups attached to an aromatic ring is 1. The van der Waals surface area contributed by atoms with Crippen molar-refractivity contribution < 1.29 is 10.2 Å². The molecule has 0 bridgehead atoms. The zero-order chi connectivity index (χ0) is 14.5. The van der Waals surface area contributed by atoms with Crippen LogP contribution in [0.3, 0.4) is 0 Å². The maximum atomic E-state index is 9.42. The highest BCUT2D eigenvalue weighted by Crippen LogP contribution is 2.25. The van der Waals surface area contributed by atoms with Gasteiger partial charge in [-0.3, -0.25) is 0 Å². The maximum Gasteiger partial charge on any atom is 0.157 e. The van der Waals surface area contributed by atoms with Gasteiger partial charge in [-0.25, -0.2) is 0 Å². The summed E-state index contributed by atoms with van der Waals surface area (Å²) in [6.45, 7) is 0.765. The van der Waals surface area contributed by atoms with E-state index in [1.54, 1.807) is 6.07 Å². The SMILES string of the molecule is CN(C=Cc1ccc(O)c(O)c1)Cc1ccc(N)cc1. The Morgan fingerprint density at radius 3 is 2.40 bits per heavy atom. The van der Waals surface area contributed by atoms with Gasteiger partial charge in [-0.15, -0.1) is 0 Å². The molecule has 0 spiro atoms. The van der Waals surface area contributed by atoms with Crippen molar-refractivity contribution in [2.75, 3.05) is 12.8 Å². The number of hydrogen-bond acceptors (Lipinski definition) is 4. The molecule has 4 nitrogen and oxygen atoms in total. The Hall–Kier alpha value is -2.62. The Labute approximate surface area is 118 Å². The molecule has 4 N–H and O–H groups in total. The molecule has 0 radical (unpaired) electrons. The van der Waals surface area contributed by atoms with Gasteiger partial charge >= 0.3 is 0 Å². The Morgan fingerprint density at radius 2 is 1.75 bits per heavy atom. The van der Waals surface area contributed by atoms with Gasteiger partial charge in [0, 0.05) is 19.3 Å². The van der Waals surface area contributed by atoms with E-state index in [2.05, 4.69) is 0 Å². The molecule has 104 valence electrons. The summed E-state index contributed by atoms with van der Waals surface area (Å²) in [7, 11) is 1.97. The summed E-state index contributed by atoms with van der Waals surface area (Å²) in [5.41, 5.74) is 8.39. The normalized spacial score (nSPS) is 10.8. The predicted molar refractivity (Wildman–Crippen MR) is 81.1 cm³/mol. The summed E-state index contributed by atoms with van der Waals surface area (Å²) in [4.78, 5) is 2.02. The zero-order valence-corrected chi connectivity index (χ0v) is 11.3. The first-order chi connectivity index (χ1) is 9.54. The molecule has 20 heavy (non-hydrogen) atoms. The molecule has 0 unspecified atom stereocenters. The van der Waals surface area contributed by atoms with E-state index in [1.807, 2.05) is 48.5 Å². The van der Waals surface area contributed by atoms with Gasteiger partial charge in [0.05, 0.1) is 0 Å². The highest BCUT2D eigenvalue weighted by atomic mass is 16.3. The van der Waals surface area contributed by atoms with E-state index < -0.39 is 0 Å². The van der Waals surface area contributed by atoms with Gasteiger partial charge in [0.25, 0.3) is 0 Å². The van der Waals surface area contributed by atoms with Crippen LogP contribution in [0.1, 0.15) is 11.1 Å². The second kappa shape index (κ2) is 6.02. The zero-order valence-electron chi connectivity index (χ0n) is 11.3. The van der Waals surface area contributed by atoms with E-state index in [0.29, 0.717) is 0 Å². The van der Waals surface area contributed by atoms with Crippen molar-refractivity contribution in [2.24, 2.45) is 0 Å². The monoisotopic (exact) mass is 270 g/mol. The van der Waals surface area contributed by atoms with Gasteiger partial charge in [0.1, 0.15) is 0 Å². The molecule has 0 aromatic heterocycles. The molecule has 4 heteroatoms. The summed E-state index contributed by atoms with van der Waals surface area (Å²) in [6, 6.07) is 12.5. The van der Waals surface area contributed by atoms with Crippen molar-refractivity contribution in [3.05, 3.63) is 59.8 Å². The molecule has 0 aliphatic heterocycles. The topological polar surface area (TPSA) is 69.7 Å². The fourth-order valence-corrected chi connectivity index (χ4v) is 1.82. The summed E-state index contributed by atoms with van der Waals surface area (Å²) in [5.74, 6) is -0.231. The van der Waals surface area contributed by atoms with Crippen LogP contribution < -0.4 is 5.73 Å². The van der Waals surface area contributed by atoms with Crippen LogP contribution in [0.5, 0.6) is 11.5 Å². The Kier molecular flexibility index (Phi) is 4.15. The average Bonchev–Trinajstić information content (AvgIpc) is 2.43. The molecule has 2 aromatic carbocycles. The van der Waals surface area contributed by atoms with E-state index in [1.165, 1.54) is 17.7 Å². The molecule has 0 atom stereocenters. The summed E-state index contributed by atoms with van der Waals surface area (Å²) >= 11 is 0. The standard InChI is InChI=1S/C16H18N2O2/c1-18(11-13-2-5-14(17)6-3-13)9-8-12-4-7-15(19)16(20)10-12/h2-10,19-20H,11,17H2,1H3. The molecule has 0 saturated heterocycles. The van der Waals surface area contributed by atoms with Crippen molar-refractivity contribution in [3.8, 4) is 11.5 Å². The number of rotatable bonds is 4. The third-order valence-electron chi connectivity index (χ3n) is 2.93. The fraction of sp³-hybridized carbons (Fsp3) is 0.125. The molecular formula is C16H18N2O2. The van der Waals surface area contributed by atoms with Gasteiger partial charge in [-0.1, -0.05) is 18.2 Å². The first-order valence-corrected chi connectivity index (χ1v) is 6.29. The van der Waals surface area contributed by atoms with Crippen LogP contribution in [-0.4, -0.2) is 22.2 Å². The quantitative estimate of drug-likeness (QED) is 0.590. The van der Waals surface area contributed by atoms with Crippen molar-refractivity contribution >= 4 is 11.8 Å². The second-order valence-electron chi connectivity index (χ2n) is 4.72. The highest BCUT2D eigenvalue weighted by molar-refractivity contribution is 5.54. The maximum absolute atomic E-state index is 9.42. The lowest BCUT2D eigenvalue weighted by Crippen LogP contribution is -2.09. The van der Waals surface area contributed by atoms with Crippen LogP contribution in [0.15, 0.2) is 48.7 Å². The number of anilines is 1. The van der Waals surface area contributed by atoms with Crippen LogP contribution in [0.2, 0.25) is 0 Å². The van der Waals surface area contributed by atoms with Gasteiger partial charge < -0.3 is 20.8 Å². The molecular weight excluding hydrogens is 252 g/mol. The van der Waals surface area contributed by atoms with Crippen LogP contribution in [-0.2, 0) is 6.54 Å². The number of nitrogens with zero attached hydrogens (tertiary/aromatic N) is 1. The second-order valence-corrected chi connectivity index (χ2v) is 4.72. The summed E-state index contributed by atoms with van der Waals surface area (Å²) in [6.07, 6.45) is 3.79. The third-order valence-corrected chi connectivity index (χ3v) is 2.93. The first kappa shape index (κ1) is 13.8. The molecule has 0 saturated carbocycles. The van der Waals surface area contributed by atoms with Crippen molar-refractivity contribution in [1.29, 1.82) is 0 Å². The van der Waals surface area contributed by atoms with Crippen LogP contribution in [0.4, 0.5) is 5.69 Å². The van der Waals surface area contributed by atoms with Crippen LogP contribution >= 0.6 is 0 Å². The number of benzene rings is 2. The van der Waals surface area contributed by atoms with E-state index in [9.17, 15) is 10.2 Å². The molecule has 2 rings (SSSR count). The Morgan fingerprint density at radius 1 is 1.05 bits per heavy atom. The lowest BCUT2D eigenvalue weighted by Gasteiger charge is -2.14. The minimum Gasteiger partial charge on any atom is -0.504 e. The lowest BCUT2D eigenvalue weighted by atomic mass is 10.2. The smallest absolute Gasteiger partial charge is 0.157 e. The largest absolute Gasteiger partial charge is 0.504 e. The highest BCUT2D eigenvalue weighted by Gasteiger charge is 1.99. The number of nitrogens with two attached hydrogens (primary N) is 1. The number of phenols is 2. The van der Waals surface area contributed by atoms with Gasteiger partial charge in [-0.05, 0) is 47.7 Å². The number of aromatic hydroxyl groups is 2. The predicted octanol–water partition coefficient (Wildman–Crippen LogP) is 2.78. The molecule has 0 heterocycles. The number of hydrogen-bond donors (Lipinski definition) is 3. The van der Waals surface area contributed by atoms with E-state index in [4.69, 9.17) is 5.73 Å². The molecule has 0 amide bonds. The summed E-state index contributed by atoms with van der Waals surface area (Å²) in [5, 5.41) is 18.7. The van der Waals surface area contributed by atoms with E-state index in [0.717, 1.165) is 17.8 Å². The first-order valence-electron chi connectivity index (χ1n) is 6.29. The number of phenolic OH excluding ortho intramolecular Hbond substituents is 2. The van der Waals surface area contributed by atoms with Gasteiger partial charge in [0.15, 0.2) is 11.5 Å². The van der Waals surface area contributed by atoms with Crippen molar-refractivity contribution in [1.82, 2.24) is 4.90 Å². The minimum absolute atomic E-state index is 0.114. The molecule has 0 aliphatic rings. The molecule has 2 aromatic rings. The summed E-state index contributed by atoms with van der Waals surface area (Å²) < 4.78 is 0. The average molecular weight is 270 g/mol. The van der Waals surface area contributed by atoms with E-state index in [-0.39, 0.29) is 11.5 Å². The van der Waals surface area contributed by atoms with E-state index >= 15 is 0 Å². The van der Waals surface area contributed by atoms with Crippen molar-refractivity contribution in [3.63, 3.8) is 0 Å². The van der Waals surface area contributed by atoms with Crippen LogP contribution in [0, 0.1) is 0 Å². The van der Waals surface area contributed by atoms with Crippen molar-refractivity contribution in [2.45, 2.75) is 6.54 Å². The molecule has 0 aliphatic carbocycles. The lowest BCUT2D eigenvalue weighted by molar-refractivity contribution is 0.403. The Bertz CT molecular complexity index is 606. The third kappa shape index (κ3) is 3.68. The van der Waals surface area contributed by atoms with Gasteiger partial charge in [0.2, 0.25) is 0 Å². The minimum atomic E-state index is -0.117. The Balaban J connectivity index is 1.99. The molecule has 0 fully saturated rings. The fourth-order valence-electron chi connectivity index (χ4n) is 1.82.